The molecule has 0 atom stereocenters. The van der Waals surface area contributed by atoms with Crippen LogP contribution in [0.3, 0.4) is 0 Å². The molecule has 3 aromatic rings. The highest BCUT2D eigenvalue weighted by molar-refractivity contribution is 7.08. The first-order valence-corrected chi connectivity index (χ1v) is 5.97. The van der Waals surface area contributed by atoms with E-state index in [2.05, 4.69) is 19.9 Å². The summed E-state index contributed by atoms with van der Waals surface area (Å²) in [5.74, 6) is -0.311. The molecule has 0 saturated heterocycles. The van der Waals surface area contributed by atoms with E-state index in [1.807, 2.05) is 18.2 Å². The summed E-state index contributed by atoms with van der Waals surface area (Å²) >= 11 is 1.04. The summed E-state index contributed by atoms with van der Waals surface area (Å²) in [6.07, 6.45) is 0. The molecule has 7 heteroatoms. The molecule has 0 fully saturated rings. The van der Waals surface area contributed by atoms with Crippen molar-refractivity contribution in [2.24, 2.45) is 0 Å². The van der Waals surface area contributed by atoms with Crippen LogP contribution in [0.5, 0.6) is 0 Å². The van der Waals surface area contributed by atoms with E-state index in [9.17, 15) is 4.79 Å². The van der Waals surface area contributed by atoms with Gasteiger partial charge in [0.25, 0.3) is 5.91 Å². The van der Waals surface area contributed by atoms with Gasteiger partial charge >= 0.3 is 6.01 Å². The number of rotatable bonds is 2. The van der Waals surface area contributed by atoms with Crippen molar-refractivity contribution in [3.63, 3.8) is 0 Å². The lowest BCUT2D eigenvalue weighted by molar-refractivity contribution is 0.102. The summed E-state index contributed by atoms with van der Waals surface area (Å²) in [5.41, 5.74) is 1.92. The molecule has 1 N–H and O–H groups in total. The van der Waals surface area contributed by atoms with E-state index in [-0.39, 0.29) is 11.9 Å². The summed E-state index contributed by atoms with van der Waals surface area (Å²) < 4.78 is 9.10. The van der Waals surface area contributed by atoms with E-state index in [0.717, 1.165) is 11.5 Å². The molecule has 1 aromatic carbocycles. The summed E-state index contributed by atoms with van der Waals surface area (Å²) in [6, 6.07) is 7.48. The quantitative estimate of drug-likeness (QED) is 0.764. The topological polar surface area (TPSA) is 80.9 Å². The second kappa shape index (κ2) is 4.19. The number of oxazole rings is 1. The van der Waals surface area contributed by atoms with Crippen LogP contribution in [0.1, 0.15) is 15.4 Å². The van der Waals surface area contributed by atoms with Crippen LogP contribution in [-0.2, 0) is 0 Å². The van der Waals surface area contributed by atoms with E-state index in [4.69, 9.17) is 4.42 Å². The van der Waals surface area contributed by atoms with Gasteiger partial charge in [0.15, 0.2) is 5.58 Å². The van der Waals surface area contributed by atoms with Crippen LogP contribution < -0.4 is 5.32 Å². The normalized spacial score (nSPS) is 10.7. The van der Waals surface area contributed by atoms with Crippen LogP contribution >= 0.6 is 11.5 Å². The van der Waals surface area contributed by atoms with Crippen molar-refractivity contribution < 1.29 is 9.21 Å². The number of anilines is 1. The predicted molar refractivity (Wildman–Crippen MR) is 66.6 cm³/mol. The van der Waals surface area contributed by atoms with Gasteiger partial charge in [0.2, 0.25) is 0 Å². The number of hydrogen-bond acceptors (Lipinski definition) is 6. The van der Waals surface area contributed by atoms with E-state index in [0.29, 0.717) is 21.7 Å². The highest BCUT2D eigenvalue weighted by Crippen LogP contribution is 2.19. The molecule has 2 heterocycles. The summed E-state index contributed by atoms with van der Waals surface area (Å²) in [5, 5.41) is 6.37. The van der Waals surface area contributed by atoms with Gasteiger partial charge in [0, 0.05) is 0 Å². The van der Waals surface area contributed by atoms with Crippen molar-refractivity contribution in [2.45, 2.75) is 6.92 Å². The second-order valence-electron chi connectivity index (χ2n) is 3.63. The third kappa shape index (κ3) is 1.84. The number of carbonyl (C=O) groups excluding carboxylic acids is 1. The maximum absolute atomic E-state index is 11.9. The first-order valence-electron chi connectivity index (χ1n) is 5.20. The average molecular weight is 260 g/mol. The van der Waals surface area contributed by atoms with E-state index >= 15 is 0 Å². The van der Waals surface area contributed by atoms with Gasteiger partial charge < -0.3 is 4.42 Å². The third-order valence-corrected chi connectivity index (χ3v) is 3.20. The SMILES string of the molecule is Cc1nnsc1C(=O)Nc1nc2ccccc2o1. The van der Waals surface area contributed by atoms with Crippen LogP contribution in [0, 0.1) is 6.92 Å². The fourth-order valence-electron chi connectivity index (χ4n) is 1.52. The van der Waals surface area contributed by atoms with Gasteiger partial charge in [-0.05, 0) is 30.6 Å². The molecule has 3 rings (SSSR count). The number of nitrogens with zero attached hydrogens (tertiary/aromatic N) is 3. The molecule has 0 unspecified atom stereocenters. The van der Waals surface area contributed by atoms with Gasteiger partial charge in [0.1, 0.15) is 10.4 Å². The van der Waals surface area contributed by atoms with Gasteiger partial charge in [-0.1, -0.05) is 16.6 Å². The minimum absolute atomic E-state index is 0.175. The fraction of sp³-hybridized carbons (Fsp3) is 0.0909. The number of hydrogen-bond donors (Lipinski definition) is 1. The van der Waals surface area contributed by atoms with Crippen LogP contribution in [0.2, 0.25) is 0 Å². The van der Waals surface area contributed by atoms with Crippen molar-refractivity contribution in [3.05, 3.63) is 34.8 Å². The molecular weight excluding hydrogens is 252 g/mol. The predicted octanol–water partition coefficient (Wildman–Crippen LogP) is 2.24. The van der Waals surface area contributed by atoms with Gasteiger partial charge in [0.05, 0.1) is 5.69 Å². The Hall–Kier alpha value is -2.28. The van der Waals surface area contributed by atoms with E-state index < -0.39 is 0 Å². The molecule has 1 amide bonds. The first kappa shape index (κ1) is 10.8. The van der Waals surface area contributed by atoms with Gasteiger partial charge in [-0.15, -0.1) is 5.10 Å². The summed E-state index contributed by atoms with van der Waals surface area (Å²) in [7, 11) is 0. The molecule has 0 aliphatic carbocycles. The Balaban J connectivity index is 1.88. The third-order valence-electron chi connectivity index (χ3n) is 2.37. The van der Waals surface area contributed by atoms with E-state index in [1.165, 1.54) is 0 Å². The van der Waals surface area contributed by atoms with Crippen molar-refractivity contribution in [1.29, 1.82) is 0 Å². The standard InChI is InChI=1S/C11H8N4O2S/c1-6-9(18-15-14-6)10(16)13-11-12-7-4-2-3-5-8(7)17-11/h2-5H,1H3,(H,12,13,16). The van der Waals surface area contributed by atoms with Gasteiger partial charge in [-0.2, -0.15) is 4.98 Å². The number of benzene rings is 1. The minimum Gasteiger partial charge on any atom is -0.423 e. The molecule has 0 aliphatic rings. The van der Waals surface area contributed by atoms with Crippen LogP contribution in [0.25, 0.3) is 11.1 Å². The zero-order valence-electron chi connectivity index (χ0n) is 9.38. The molecular formula is C11H8N4O2S. The number of aryl methyl sites for hydroxylation is 1. The molecule has 0 bridgehead atoms. The zero-order chi connectivity index (χ0) is 12.5. The van der Waals surface area contributed by atoms with Crippen LogP contribution in [-0.4, -0.2) is 20.5 Å². The molecule has 0 aliphatic heterocycles. The Morgan fingerprint density at radius 3 is 2.94 bits per heavy atom. The highest BCUT2D eigenvalue weighted by atomic mass is 32.1. The molecule has 90 valence electrons. The average Bonchev–Trinajstić information content (AvgIpc) is 2.94. The van der Waals surface area contributed by atoms with E-state index in [1.54, 1.807) is 13.0 Å². The van der Waals surface area contributed by atoms with Crippen LogP contribution in [0.15, 0.2) is 28.7 Å². The monoisotopic (exact) mass is 260 g/mol. The molecule has 6 nitrogen and oxygen atoms in total. The Labute approximate surface area is 106 Å². The number of para-hydroxylation sites is 2. The number of aromatic nitrogens is 3. The Morgan fingerprint density at radius 1 is 1.39 bits per heavy atom. The van der Waals surface area contributed by atoms with Crippen molar-refractivity contribution >= 4 is 34.6 Å². The lowest BCUT2D eigenvalue weighted by atomic mass is 10.3. The number of fused-ring (bicyclic) bond motifs is 1. The molecule has 0 radical (unpaired) electrons. The number of nitrogens with one attached hydrogen (secondary N) is 1. The Kier molecular flexibility index (Phi) is 2.52. The van der Waals surface area contributed by atoms with Gasteiger partial charge in [-0.3, -0.25) is 10.1 Å². The minimum atomic E-state index is -0.311. The highest BCUT2D eigenvalue weighted by Gasteiger charge is 2.15. The number of carbonyl (C=O) groups is 1. The molecule has 0 spiro atoms. The van der Waals surface area contributed by atoms with Crippen molar-refractivity contribution in [3.8, 4) is 0 Å². The lowest BCUT2D eigenvalue weighted by Crippen LogP contribution is -2.11. The Bertz CT molecular complexity index is 685. The fourth-order valence-corrected chi connectivity index (χ4v) is 2.07. The maximum Gasteiger partial charge on any atom is 0.302 e. The lowest BCUT2D eigenvalue weighted by Gasteiger charge is -1.96. The second-order valence-corrected chi connectivity index (χ2v) is 4.38. The molecule has 2 aromatic heterocycles. The first-order chi connectivity index (χ1) is 8.74. The summed E-state index contributed by atoms with van der Waals surface area (Å²) in [4.78, 5) is 16.5. The van der Waals surface area contributed by atoms with Crippen molar-refractivity contribution in [1.82, 2.24) is 14.6 Å². The molecule has 0 saturated carbocycles. The van der Waals surface area contributed by atoms with Crippen molar-refractivity contribution in [2.75, 3.05) is 5.32 Å². The largest absolute Gasteiger partial charge is 0.423 e. The summed E-state index contributed by atoms with van der Waals surface area (Å²) in [6.45, 7) is 1.73. The van der Waals surface area contributed by atoms with Gasteiger partial charge in [-0.25, -0.2) is 0 Å². The maximum atomic E-state index is 11.9. The Morgan fingerprint density at radius 2 is 2.22 bits per heavy atom. The smallest absolute Gasteiger partial charge is 0.302 e. The van der Waals surface area contributed by atoms with Crippen LogP contribution in [0.4, 0.5) is 6.01 Å². The molecule has 18 heavy (non-hydrogen) atoms. The number of amides is 1. The zero-order valence-corrected chi connectivity index (χ0v) is 10.2.